The van der Waals surface area contributed by atoms with Gasteiger partial charge in [-0.25, -0.2) is 27.1 Å². The number of nitrogens with two attached hydrogens (primary N) is 2. The maximum absolute atomic E-state index is 11.3. The van der Waals surface area contributed by atoms with Crippen molar-refractivity contribution in [3.8, 4) is 11.3 Å². The van der Waals surface area contributed by atoms with Gasteiger partial charge in [-0.15, -0.1) is 0 Å². The third-order valence-corrected chi connectivity index (χ3v) is 5.46. The lowest BCUT2D eigenvalue weighted by Gasteiger charge is -2.00. The second kappa shape index (κ2) is 7.08. The number of primary sulfonamides is 2. The van der Waals surface area contributed by atoms with E-state index in [1.165, 1.54) is 42.6 Å². The molecular formula is C17H15N3O5S2. The van der Waals surface area contributed by atoms with Gasteiger partial charge in [-0.1, -0.05) is 0 Å². The standard InChI is InChI=1S/C17H15N3O5S2/c18-26(21,22)15-6-1-12(2-7-15)17-10-5-14(25-17)11-20-13-3-8-16(9-4-13)27(19,23)24/h1-11H,(H2,18,21,22)(H2,19,23,24). The molecule has 140 valence electrons. The van der Waals surface area contributed by atoms with Crippen LogP contribution in [0.1, 0.15) is 5.76 Å². The Morgan fingerprint density at radius 1 is 0.741 bits per heavy atom. The van der Waals surface area contributed by atoms with Gasteiger partial charge in [-0.3, -0.25) is 4.99 Å². The van der Waals surface area contributed by atoms with E-state index in [4.69, 9.17) is 14.7 Å². The first-order valence-corrected chi connectivity index (χ1v) is 10.6. The highest BCUT2D eigenvalue weighted by Gasteiger charge is 2.09. The predicted molar refractivity (Wildman–Crippen MR) is 101 cm³/mol. The summed E-state index contributed by atoms with van der Waals surface area (Å²) >= 11 is 0. The van der Waals surface area contributed by atoms with Gasteiger partial charge in [0.2, 0.25) is 20.0 Å². The summed E-state index contributed by atoms with van der Waals surface area (Å²) in [5.74, 6) is 0.998. The molecule has 0 aliphatic rings. The van der Waals surface area contributed by atoms with Crippen molar-refractivity contribution in [3.05, 3.63) is 66.4 Å². The van der Waals surface area contributed by atoms with Crippen molar-refractivity contribution in [2.75, 3.05) is 0 Å². The number of hydrogen-bond acceptors (Lipinski definition) is 6. The van der Waals surface area contributed by atoms with E-state index in [2.05, 4.69) is 4.99 Å². The van der Waals surface area contributed by atoms with Crippen molar-refractivity contribution in [1.29, 1.82) is 0 Å². The van der Waals surface area contributed by atoms with Crippen LogP contribution in [0.3, 0.4) is 0 Å². The average molecular weight is 405 g/mol. The largest absolute Gasteiger partial charge is 0.455 e. The third-order valence-electron chi connectivity index (χ3n) is 3.60. The summed E-state index contributed by atoms with van der Waals surface area (Å²) in [6.07, 6.45) is 1.48. The molecular weight excluding hydrogens is 390 g/mol. The van der Waals surface area contributed by atoms with Crippen LogP contribution in [0.15, 0.2) is 79.9 Å². The van der Waals surface area contributed by atoms with E-state index in [0.29, 0.717) is 22.8 Å². The Balaban J connectivity index is 1.77. The van der Waals surface area contributed by atoms with Gasteiger partial charge < -0.3 is 4.42 Å². The number of sulfonamides is 2. The second-order valence-corrected chi connectivity index (χ2v) is 8.69. The van der Waals surface area contributed by atoms with Crippen LogP contribution in [0.25, 0.3) is 11.3 Å². The van der Waals surface area contributed by atoms with Crippen LogP contribution in [-0.2, 0) is 20.0 Å². The highest BCUT2D eigenvalue weighted by Crippen LogP contribution is 2.23. The van der Waals surface area contributed by atoms with Gasteiger partial charge in [0.15, 0.2) is 0 Å². The Morgan fingerprint density at radius 3 is 1.78 bits per heavy atom. The van der Waals surface area contributed by atoms with Gasteiger partial charge in [-0.2, -0.15) is 0 Å². The molecule has 0 unspecified atom stereocenters. The molecule has 0 aliphatic carbocycles. The molecule has 4 N–H and O–H groups in total. The van der Waals surface area contributed by atoms with E-state index in [9.17, 15) is 16.8 Å². The number of nitrogens with zero attached hydrogens (tertiary/aromatic N) is 1. The zero-order valence-electron chi connectivity index (χ0n) is 13.8. The summed E-state index contributed by atoms with van der Waals surface area (Å²) in [5.41, 5.74) is 1.21. The Kier molecular flexibility index (Phi) is 4.98. The number of furan rings is 1. The smallest absolute Gasteiger partial charge is 0.238 e. The molecule has 0 radical (unpaired) electrons. The minimum Gasteiger partial charge on any atom is -0.455 e. The fraction of sp³-hybridized carbons (Fsp3) is 0. The molecule has 0 aliphatic heterocycles. The lowest BCUT2D eigenvalue weighted by atomic mass is 10.2. The van der Waals surface area contributed by atoms with E-state index in [-0.39, 0.29) is 9.79 Å². The molecule has 0 bridgehead atoms. The van der Waals surface area contributed by atoms with Crippen LogP contribution in [0.2, 0.25) is 0 Å². The SMILES string of the molecule is NS(=O)(=O)c1ccc(N=Cc2ccc(-c3ccc(S(N)(=O)=O)cc3)o2)cc1. The van der Waals surface area contributed by atoms with Gasteiger partial charge in [0.25, 0.3) is 0 Å². The average Bonchev–Trinajstić information content (AvgIpc) is 3.08. The van der Waals surface area contributed by atoms with Crippen LogP contribution in [-0.4, -0.2) is 23.1 Å². The number of aliphatic imine (C=N–C) groups is 1. The monoisotopic (exact) mass is 405 g/mol. The van der Waals surface area contributed by atoms with Crippen LogP contribution >= 0.6 is 0 Å². The molecule has 1 aromatic heterocycles. The van der Waals surface area contributed by atoms with Gasteiger partial charge >= 0.3 is 0 Å². The molecule has 3 aromatic rings. The molecule has 0 atom stereocenters. The molecule has 3 rings (SSSR count). The number of hydrogen-bond donors (Lipinski definition) is 2. The van der Waals surface area contributed by atoms with Gasteiger partial charge in [0.1, 0.15) is 11.5 Å². The zero-order valence-corrected chi connectivity index (χ0v) is 15.4. The summed E-state index contributed by atoms with van der Waals surface area (Å²) in [4.78, 5) is 4.22. The molecule has 0 amide bonds. The Morgan fingerprint density at radius 2 is 1.26 bits per heavy atom. The van der Waals surface area contributed by atoms with E-state index < -0.39 is 20.0 Å². The van der Waals surface area contributed by atoms with E-state index in [1.54, 1.807) is 24.3 Å². The fourth-order valence-electron chi connectivity index (χ4n) is 2.25. The number of benzene rings is 2. The quantitative estimate of drug-likeness (QED) is 0.623. The van der Waals surface area contributed by atoms with Crippen molar-refractivity contribution in [2.24, 2.45) is 15.3 Å². The van der Waals surface area contributed by atoms with Crippen LogP contribution in [0.4, 0.5) is 5.69 Å². The minimum absolute atomic E-state index is 0.00433. The highest BCUT2D eigenvalue weighted by atomic mass is 32.2. The summed E-state index contributed by atoms with van der Waals surface area (Å²) in [6.45, 7) is 0. The Labute approximate surface area is 156 Å². The number of rotatable bonds is 5. The first-order valence-electron chi connectivity index (χ1n) is 7.53. The lowest BCUT2D eigenvalue weighted by Crippen LogP contribution is -2.11. The normalized spacial score (nSPS) is 12.5. The van der Waals surface area contributed by atoms with Gasteiger partial charge in [0, 0.05) is 5.56 Å². The third kappa shape index (κ3) is 4.68. The predicted octanol–water partition coefficient (Wildman–Crippen LogP) is 1.99. The van der Waals surface area contributed by atoms with E-state index >= 15 is 0 Å². The molecule has 2 aromatic carbocycles. The van der Waals surface area contributed by atoms with Crippen molar-refractivity contribution in [3.63, 3.8) is 0 Å². The zero-order chi connectivity index (χ0) is 19.7. The maximum atomic E-state index is 11.3. The molecule has 0 spiro atoms. The molecule has 27 heavy (non-hydrogen) atoms. The van der Waals surface area contributed by atoms with Gasteiger partial charge in [0.05, 0.1) is 21.7 Å². The second-order valence-electron chi connectivity index (χ2n) is 5.57. The summed E-state index contributed by atoms with van der Waals surface area (Å²) in [5, 5.41) is 10.1. The van der Waals surface area contributed by atoms with Crippen molar-refractivity contribution in [2.45, 2.75) is 9.79 Å². The first kappa shape index (κ1) is 19.0. The summed E-state index contributed by atoms with van der Waals surface area (Å²) in [7, 11) is -7.49. The van der Waals surface area contributed by atoms with E-state index in [1.807, 2.05) is 0 Å². The van der Waals surface area contributed by atoms with Crippen molar-refractivity contribution in [1.82, 2.24) is 0 Å². The molecule has 0 saturated heterocycles. The van der Waals surface area contributed by atoms with Crippen molar-refractivity contribution >= 4 is 31.9 Å². The van der Waals surface area contributed by atoms with Crippen LogP contribution < -0.4 is 10.3 Å². The summed E-state index contributed by atoms with van der Waals surface area (Å²) in [6, 6.07) is 15.2. The molecule has 1 heterocycles. The molecule has 0 fully saturated rings. The summed E-state index contributed by atoms with van der Waals surface area (Å²) < 4.78 is 50.6. The fourth-order valence-corrected chi connectivity index (χ4v) is 3.28. The topological polar surface area (TPSA) is 146 Å². The molecule has 0 saturated carbocycles. The maximum Gasteiger partial charge on any atom is 0.238 e. The highest BCUT2D eigenvalue weighted by molar-refractivity contribution is 7.89. The van der Waals surface area contributed by atoms with Crippen LogP contribution in [0.5, 0.6) is 0 Å². The minimum atomic E-state index is -3.75. The molecule has 8 nitrogen and oxygen atoms in total. The van der Waals surface area contributed by atoms with Crippen LogP contribution in [0, 0.1) is 0 Å². The van der Waals surface area contributed by atoms with E-state index in [0.717, 1.165) is 0 Å². The van der Waals surface area contributed by atoms with Crippen molar-refractivity contribution < 1.29 is 21.3 Å². The lowest BCUT2D eigenvalue weighted by molar-refractivity contribution is 0.575. The first-order chi connectivity index (χ1) is 12.6. The Hall–Kier alpha value is -2.79. The molecule has 10 heteroatoms. The van der Waals surface area contributed by atoms with Gasteiger partial charge in [-0.05, 0) is 60.7 Å². The Bertz CT molecular complexity index is 1190.